The summed E-state index contributed by atoms with van der Waals surface area (Å²) in [6.45, 7) is 0. The number of benzene rings is 3. The Hall–Kier alpha value is -4.90. The van der Waals surface area contributed by atoms with Crippen LogP contribution in [0.25, 0.3) is 0 Å². The maximum Gasteiger partial charge on any atom is 0.269 e. The fraction of sp³-hybridized carbons (Fsp3) is 0.161. The van der Waals surface area contributed by atoms with Gasteiger partial charge in [0.2, 0.25) is 11.8 Å². The number of halogens is 1. The van der Waals surface area contributed by atoms with E-state index in [0.29, 0.717) is 26.9 Å². The summed E-state index contributed by atoms with van der Waals surface area (Å²) in [5, 5.41) is 11.1. The first-order valence-electron chi connectivity index (χ1n) is 13.0. The predicted molar refractivity (Wildman–Crippen MR) is 155 cm³/mol. The molecule has 3 heterocycles. The molecule has 210 valence electrons. The third kappa shape index (κ3) is 4.33. The number of methoxy groups -OCH3 is 1. The highest BCUT2D eigenvalue weighted by molar-refractivity contribution is 9.10. The summed E-state index contributed by atoms with van der Waals surface area (Å²) in [5.41, 5.74) is 1.10. The van der Waals surface area contributed by atoms with Crippen molar-refractivity contribution in [1.82, 2.24) is 4.90 Å². The standard InChI is InChI=1S/C31H22BrN3O7/c1-42-24-12-7-18(15-22(24)32)29(37)27-26-25(30(38)34(31(26)39)20-8-10-21(11-9-20)35(40)41)23-16-19(13-14-33(23)27)28(36)17-5-3-2-4-6-17/h2-16,23,25-27H,1H3/t23-,25-,26+,27+/m1/s1. The van der Waals surface area contributed by atoms with Crippen molar-refractivity contribution in [3.8, 4) is 5.75 Å². The summed E-state index contributed by atoms with van der Waals surface area (Å²) >= 11 is 3.40. The van der Waals surface area contributed by atoms with Gasteiger partial charge in [0.25, 0.3) is 5.69 Å². The lowest BCUT2D eigenvalue weighted by atomic mass is 9.85. The van der Waals surface area contributed by atoms with Gasteiger partial charge in [-0.1, -0.05) is 36.4 Å². The maximum atomic E-state index is 14.1. The van der Waals surface area contributed by atoms with E-state index in [9.17, 15) is 29.3 Å². The number of anilines is 1. The number of carbonyl (C=O) groups excluding carboxylic acids is 4. The van der Waals surface area contributed by atoms with Crippen LogP contribution in [0.3, 0.4) is 0 Å². The van der Waals surface area contributed by atoms with Gasteiger partial charge in [-0.05, 0) is 52.3 Å². The topological polar surface area (TPSA) is 127 Å². The Morgan fingerprint density at radius 3 is 2.26 bits per heavy atom. The van der Waals surface area contributed by atoms with Crippen LogP contribution >= 0.6 is 15.9 Å². The molecule has 0 N–H and O–H groups in total. The predicted octanol–water partition coefficient (Wildman–Crippen LogP) is 4.74. The number of amides is 2. The Labute approximate surface area is 248 Å². The van der Waals surface area contributed by atoms with Gasteiger partial charge in [0.1, 0.15) is 11.8 Å². The summed E-state index contributed by atoms with van der Waals surface area (Å²) in [6, 6.07) is 16.8. The van der Waals surface area contributed by atoms with Crippen LogP contribution in [0, 0.1) is 22.0 Å². The molecule has 0 spiro atoms. The molecule has 42 heavy (non-hydrogen) atoms. The quantitative estimate of drug-likeness (QED) is 0.159. The highest BCUT2D eigenvalue weighted by Gasteiger charge is 2.63. The normalized spacial score (nSPS) is 22.5. The molecule has 2 amide bonds. The molecule has 2 saturated heterocycles. The maximum absolute atomic E-state index is 14.1. The highest BCUT2D eigenvalue weighted by atomic mass is 79.9. The minimum absolute atomic E-state index is 0.172. The molecule has 3 aliphatic heterocycles. The van der Waals surface area contributed by atoms with Gasteiger partial charge >= 0.3 is 0 Å². The van der Waals surface area contributed by atoms with Crippen LogP contribution in [0.2, 0.25) is 0 Å². The lowest BCUT2D eigenvalue weighted by Gasteiger charge is -2.32. The first-order chi connectivity index (χ1) is 20.2. The number of allylic oxidation sites excluding steroid dienone is 2. The first kappa shape index (κ1) is 27.3. The monoisotopic (exact) mass is 627 g/mol. The molecule has 0 aliphatic carbocycles. The SMILES string of the molecule is COc1ccc(C(=O)[C@@H]2[C@H]3C(=O)N(c4ccc([N+](=O)[O-])cc4)C(=O)[C@@H]3[C@H]3C=C(C(=O)c4ccccc4)C=CN32)cc1Br. The molecule has 3 aromatic carbocycles. The van der Waals surface area contributed by atoms with E-state index in [2.05, 4.69) is 15.9 Å². The Bertz CT molecular complexity index is 1720. The van der Waals surface area contributed by atoms with E-state index in [-0.39, 0.29) is 22.9 Å². The van der Waals surface area contributed by atoms with Gasteiger partial charge in [0.05, 0.1) is 40.1 Å². The Balaban J connectivity index is 1.42. The van der Waals surface area contributed by atoms with Crippen LogP contribution in [0.15, 0.2) is 101 Å². The smallest absolute Gasteiger partial charge is 0.269 e. The largest absolute Gasteiger partial charge is 0.496 e. The fourth-order valence-electron chi connectivity index (χ4n) is 5.92. The third-order valence-electron chi connectivity index (χ3n) is 7.87. The zero-order valence-electron chi connectivity index (χ0n) is 22.0. The van der Waals surface area contributed by atoms with Crippen molar-refractivity contribution in [2.24, 2.45) is 11.8 Å². The Kier molecular flexibility index (Phi) is 6.82. The van der Waals surface area contributed by atoms with Gasteiger partial charge in [-0.3, -0.25) is 29.3 Å². The molecule has 0 aromatic heterocycles. The molecule has 0 saturated carbocycles. The van der Waals surface area contributed by atoms with Gasteiger partial charge in [-0.25, -0.2) is 4.90 Å². The Morgan fingerprint density at radius 2 is 1.62 bits per heavy atom. The van der Waals surface area contributed by atoms with Crippen molar-refractivity contribution in [1.29, 1.82) is 0 Å². The second-order valence-corrected chi connectivity index (χ2v) is 10.9. The number of non-ortho nitro benzene ring substituents is 1. The zero-order valence-corrected chi connectivity index (χ0v) is 23.6. The van der Waals surface area contributed by atoms with Crippen LogP contribution < -0.4 is 9.64 Å². The molecule has 11 heteroatoms. The lowest BCUT2D eigenvalue weighted by molar-refractivity contribution is -0.384. The van der Waals surface area contributed by atoms with Crippen molar-refractivity contribution < 1.29 is 28.8 Å². The third-order valence-corrected chi connectivity index (χ3v) is 8.49. The van der Waals surface area contributed by atoms with E-state index in [4.69, 9.17) is 4.74 Å². The van der Waals surface area contributed by atoms with Crippen molar-refractivity contribution >= 4 is 50.7 Å². The van der Waals surface area contributed by atoms with Gasteiger partial charge in [-0.2, -0.15) is 0 Å². The molecule has 0 unspecified atom stereocenters. The number of hydrogen-bond acceptors (Lipinski definition) is 8. The average Bonchev–Trinajstić information content (AvgIpc) is 3.48. The molecule has 10 nitrogen and oxygen atoms in total. The Morgan fingerprint density at radius 1 is 0.929 bits per heavy atom. The fourth-order valence-corrected chi connectivity index (χ4v) is 6.46. The summed E-state index contributed by atoms with van der Waals surface area (Å²) in [5.74, 6) is -3.26. The second kappa shape index (κ2) is 10.5. The molecular formula is C31H22BrN3O7. The van der Waals surface area contributed by atoms with Gasteiger partial charge in [0.15, 0.2) is 11.6 Å². The number of ketones is 2. The summed E-state index contributed by atoms with van der Waals surface area (Å²) < 4.78 is 5.83. The number of Topliss-reactive ketones (excluding diaryl/α,β-unsaturated/α-hetero) is 2. The van der Waals surface area contributed by atoms with Gasteiger partial charge < -0.3 is 9.64 Å². The van der Waals surface area contributed by atoms with Gasteiger partial charge in [-0.15, -0.1) is 0 Å². The van der Waals surface area contributed by atoms with Crippen LogP contribution in [0.4, 0.5) is 11.4 Å². The summed E-state index contributed by atoms with van der Waals surface area (Å²) in [4.78, 5) is 68.5. The zero-order chi connectivity index (χ0) is 29.7. The van der Waals surface area contributed by atoms with Crippen LogP contribution in [-0.4, -0.2) is 52.4 Å². The van der Waals surface area contributed by atoms with Crippen molar-refractivity contribution in [2.75, 3.05) is 12.0 Å². The van der Waals surface area contributed by atoms with E-state index >= 15 is 0 Å². The number of nitro benzene ring substituents is 1. The van der Waals surface area contributed by atoms with Crippen molar-refractivity contribution in [3.63, 3.8) is 0 Å². The molecule has 3 aliphatic rings. The summed E-state index contributed by atoms with van der Waals surface area (Å²) in [7, 11) is 1.50. The van der Waals surface area contributed by atoms with Crippen LogP contribution in [-0.2, 0) is 9.59 Å². The minimum atomic E-state index is -1.06. The van der Waals surface area contributed by atoms with E-state index < -0.39 is 40.7 Å². The number of hydrogen-bond donors (Lipinski definition) is 0. The number of carbonyl (C=O) groups is 4. The van der Waals surface area contributed by atoms with Crippen LogP contribution in [0.5, 0.6) is 5.75 Å². The molecular weight excluding hydrogens is 606 g/mol. The summed E-state index contributed by atoms with van der Waals surface area (Å²) in [6.07, 6.45) is 4.85. The number of rotatable bonds is 7. The molecule has 2 fully saturated rings. The first-order valence-corrected chi connectivity index (χ1v) is 13.8. The van der Waals surface area contributed by atoms with Crippen molar-refractivity contribution in [2.45, 2.75) is 12.1 Å². The van der Waals surface area contributed by atoms with Crippen LogP contribution in [0.1, 0.15) is 20.7 Å². The number of fused-ring (bicyclic) bond motifs is 3. The molecule has 6 rings (SSSR count). The van der Waals surface area contributed by atoms with E-state index in [1.807, 2.05) is 0 Å². The lowest BCUT2D eigenvalue weighted by Crippen LogP contribution is -2.46. The average molecular weight is 628 g/mol. The van der Waals surface area contributed by atoms with E-state index in [0.717, 1.165) is 4.90 Å². The van der Waals surface area contributed by atoms with Gasteiger partial charge in [0, 0.05) is 35.0 Å². The highest BCUT2D eigenvalue weighted by Crippen LogP contribution is 2.47. The van der Waals surface area contributed by atoms with Crippen molar-refractivity contribution in [3.05, 3.63) is 122 Å². The van der Waals surface area contributed by atoms with E-state index in [1.54, 1.807) is 71.8 Å². The molecule has 3 aromatic rings. The number of ether oxygens (including phenoxy) is 1. The number of nitro groups is 1. The minimum Gasteiger partial charge on any atom is -0.496 e. The molecule has 4 atom stereocenters. The number of nitrogens with zero attached hydrogens (tertiary/aromatic N) is 3. The second-order valence-electron chi connectivity index (χ2n) is 10.1. The number of imide groups is 1. The molecule has 0 bridgehead atoms. The van der Waals surface area contributed by atoms with E-state index in [1.165, 1.54) is 31.4 Å². The molecule has 0 radical (unpaired) electrons.